The fourth-order valence-corrected chi connectivity index (χ4v) is 11.3. The molecular formula is C14H32N2O5Si2. The molecule has 0 fully saturated rings. The van der Waals surface area contributed by atoms with Crippen LogP contribution in [0.1, 0.15) is 12.8 Å². The van der Waals surface area contributed by atoms with Gasteiger partial charge in [-0.15, -0.1) is 0 Å². The predicted octanol–water partition coefficient (Wildman–Crippen LogP) is 2.91. The van der Waals surface area contributed by atoms with E-state index < -0.39 is 28.8 Å². The fraction of sp³-hybridized carbons (Fsp3) is 0.857. The summed E-state index contributed by atoms with van der Waals surface area (Å²) >= 11 is 0. The summed E-state index contributed by atoms with van der Waals surface area (Å²) in [6, 6.07) is 1.99. The molecule has 0 radical (unpaired) electrons. The Hall–Kier alpha value is -1.07. The maximum absolute atomic E-state index is 11.0. The van der Waals surface area contributed by atoms with E-state index in [0.29, 0.717) is 13.1 Å². The highest BCUT2D eigenvalue weighted by atomic mass is 28.4. The Morgan fingerprint density at radius 2 is 1.13 bits per heavy atom. The van der Waals surface area contributed by atoms with Gasteiger partial charge in [0.1, 0.15) is 0 Å². The van der Waals surface area contributed by atoms with E-state index in [4.69, 9.17) is 4.12 Å². The van der Waals surface area contributed by atoms with E-state index in [1.807, 2.05) is 0 Å². The highest BCUT2D eigenvalue weighted by Crippen LogP contribution is 2.23. The van der Waals surface area contributed by atoms with E-state index in [2.05, 4.69) is 46.3 Å². The highest BCUT2D eigenvalue weighted by Gasteiger charge is 2.32. The first-order valence-electron chi connectivity index (χ1n) is 7.96. The minimum atomic E-state index is -1.75. The van der Waals surface area contributed by atoms with E-state index in [1.54, 1.807) is 0 Å². The molecule has 23 heavy (non-hydrogen) atoms. The molecule has 0 spiro atoms. The second kappa shape index (κ2) is 10.7. The van der Waals surface area contributed by atoms with Gasteiger partial charge in [0.25, 0.3) is 0 Å². The summed E-state index contributed by atoms with van der Waals surface area (Å²) in [7, 11) is -0.782. The number of methoxy groups -OCH3 is 2. The van der Waals surface area contributed by atoms with E-state index in [1.165, 1.54) is 14.2 Å². The largest absolute Gasteiger partial charge is 0.455 e. The maximum atomic E-state index is 11.0. The molecule has 0 aliphatic carbocycles. The van der Waals surface area contributed by atoms with Crippen molar-refractivity contribution in [1.29, 1.82) is 0 Å². The van der Waals surface area contributed by atoms with Crippen molar-refractivity contribution in [3.63, 3.8) is 0 Å². The third-order valence-corrected chi connectivity index (χ3v) is 10.9. The summed E-state index contributed by atoms with van der Waals surface area (Å²) in [5.74, 6) is 0. The van der Waals surface area contributed by atoms with Crippen LogP contribution in [0.3, 0.4) is 0 Å². The molecule has 0 saturated heterocycles. The fourth-order valence-electron chi connectivity index (χ4n) is 2.40. The van der Waals surface area contributed by atoms with Gasteiger partial charge in [0.15, 0.2) is 16.6 Å². The van der Waals surface area contributed by atoms with Crippen molar-refractivity contribution in [1.82, 2.24) is 10.6 Å². The molecule has 0 saturated carbocycles. The van der Waals surface area contributed by atoms with Gasteiger partial charge in [-0.25, -0.2) is 9.59 Å². The first-order valence-corrected chi connectivity index (χ1v) is 14.2. The van der Waals surface area contributed by atoms with Crippen LogP contribution in [0.4, 0.5) is 9.59 Å². The first kappa shape index (κ1) is 21.9. The molecule has 0 aliphatic heterocycles. The SMILES string of the molecule is COC(=O)NCCC[Si](C)(C)O[Si](C)(C)CCCNC(=O)OC. The van der Waals surface area contributed by atoms with Crippen LogP contribution in [0.5, 0.6) is 0 Å². The average molecular weight is 365 g/mol. The molecule has 0 aromatic heterocycles. The quantitative estimate of drug-likeness (QED) is 0.460. The van der Waals surface area contributed by atoms with Crippen molar-refractivity contribution in [3.05, 3.63) is 0 Å². The summed E-state index contributed by atoms with van der Waals surface area (Å²) < 4.78 is 15.6. The van der Waals surface area contributed by atoms with Gasteiger partial charge in [0, 0.05) is 13.1 Å². The number of hydrogen-bond acceptors (Lipinski definition) is 5. The van der Waals surface area contributed by atoms with Gasteiger partial charge in [-0.3, -0.25) is 0 Å². The van der Waals surface area contributed by atoms with Crippen molar-refractivity contribution in [2.75, 3.05) is 27.3 Å². The average Bonchev–Trinajstić information content (AvgIpc) is 2.46. The number of rotatable bonds is 10. The van der Waals surface area contributed by atoms with Crippen LogP contribution in [-0.4, -0.2) is 56.1 Å². The molecule has 0 aliphatic rings. The second-order valence-electron chi connectivity index (χ2n) is 6.67. The number of nitrogens with one attached hydrogen (secondary N) is 2. The molecule has 2 amide bonds. The zero-order valence-electron chi connectivity index (χ0n) is 15.3. The van der Waals surface area contributed by atoms with Crippen LogP contribution < -0.4 is 10.6 Å². The molecule has 9 heteroatoms. The zero-order chi connectivity index (χ0) is 17.9. The second-order valence-corrected chi connectivity index (χ2v) is 15.5. The van der Waals surface area contributed by atoms with Gasteiger partial charge < -0.3 is 24.2 Å². The van der Waals surface area contributed by atoms with Crippen LogP contribution in [-0.2, 0) is 13.6 Å². The van der Waals surface area contributed by atoms with Gasteiger partial charge in [-0.2, -0.15) is 0 Å². The molecule has 0 rings (SSSR count). The molecule has 0 unspecified atom stereocenters. The van der Waals surface area contributed by atoms with Crippen molar-refractivity contribution >= 4 is 28.8 Å². The van der Waals surface area contributed by atoms with Crippen LogP contribution >= 0.6 is 0 Å². The van der Waals surface area contributed by atoms with E-state index in [9.17, 15) is 9.59 Å². The molecule has 0 aromatic carbocycles. The molecule has 7 nitrogen and oxygen atoms in total. The Kier molecular flexibility index (Phi) is 10.2. The van der Waals surface area contributed by atoms with E-state index >= 15 is 0 Å². The van der Waals surface area contributed by atoms with Crippen molar-refractivity contribution in [2.45, 2.75) is 51.1 Å². The third kappa shape index (κ3) is 12.1. The Bertz CT molecular complexity index is 344. The highest BCUT2D eigenvalue weighted by molar-refractivity contribution is 6.84. The van der Waals surface area contributed by atoms with Crippen LogP contribution in [0, 0.1) is 0 Å². The van der Waals surface area contributed by atoms with Gasteiger partial charge in [0.2, 0.25) is 0 Å². The predicted molar refractivity (Wildman–Crippen MR) is 95.7 cm³/mol. The molecule has 0 heterocycles. The lowest BCUT2D eigenvalue weighted by molar-refractivity contribution is 0.170. The number of amides is 2. The van der Waals surface area contributed by atoms with Gasteiger partial charge in [0.05, 0.1) is 14.2 Å². The molecule has 2 N–H and O–H groups in total. The lowest BCUT2D eigenvalue weighted by atomic mass is 10.5. The maximum Gasteiger partial charge on any atom is 0.406 e. The summed E-state index contributed by atoms with van der Waals surface area (Å²) in [5.41, 5.74) is 0. The molecule has 0 aromatic rings. The molecular weight excluding hydrogens is 332 g/mol. The molecule has 136 valence electrons. The summed E-state index contributed by atoms with van der Waals surface area (Å²) in [6.45, 7) is 10.1. The van der Waals surface area contributed by atoms with E-state index in [-0.39, 0.29) is 0 Å². The number of hydrogen-bond donors (Lipinski definition) is 2. The number of ether oxygens (including phenoxy) is 2. The minimum absolute atomic E-state index is 0.391. The lowest BCUT2D eigenvalue weighted by Gasteiger charge is -2.34. The van der Waals surface area contributed by atoms with Crippen molar-refractivity contribution in [3.8, 4) is 0 Å². The standard InChI is InChI=1S/C14H32N2O5Si2/c1-19-13(17)15-9-7-11-22(3,4)21-23(5,6)12-8-10-16-14(18)20-2/h7-12H2,1-6H3,(H,15,17)(H,16,18). The Balaban J connectivity index is 4.03. The molecule has 0 atom stereocenters. The number of carbonyl (C=O) groups is 2. The number of alkyl carbamates (subject to hydrolysis) is 2. The monoisotopic (exact) mass is 364 g/mol. The topological polar surface area (TPSA) is 85.9 Å². The smallest absolute Gasteiger partial charge is 0.406 e. The Labute approximate surface area is 141 Å². The molecule has 0 bridgehead atoms. The Morgan fingerprint density at radius 3 is 1.43 bits per heavy atom. The minimum Gasteiger partial charge on any atom is -0.455 e. The number of carbonyl (C=O) groups excluding carboxylic acids is 2. The van der Waals surface area contributed by atoms with Crippen molar-refractivity contribution in [2.24, 2.45) is 0 Å². The van der Waals surface area contributed by atoms with Crippen LogP contribution in [0.25, 0.3) is 0 Å². The summed E-state index contributed by atoms with van der Waals surface area (Å²) in [6.07, 6.45) is 1.00. The van der Waals surface area contributed by atoms with Gasteiger partial charge >= 0.3 is 12.2 Å². The summed E-state index contributed by atoms with van der Waals surface area (Å²) in [4.78, 5) is 22.0. The third-order valence-electron chi connectivity index (χ3n) is 3.37. The first-order chi connectivity index (χ1) is 10.6. The zero-order valence-corrected chi connectivity index (χ0v) is 17.3. The summed E-state index contributed by atoms with van der Waals surface area (Å²) in [5, 5.41) is 5.38. The normalized spacial score (nSPS) is 11.7. The van der Waals surface area contributed by atoms with Gasteiger partial charge in [-0.05, 0) is 51.1 Å². The van der Waals surface area contributed by atoms with Crippen molar-refractivity contribution < 1.29 is 23.2 Å². The van der Waals surface area contributed by atoms with Crippen LogP contribution in [0.15, 0.2) is 0 Å². The Morgan fingerprint density at radius 1 is 0.783 bits per heavy atom. The van der Waals surface area contributed by atoms with Crippen LogP contribution in [0.2, 0.25) is 38.3 Å². The van der Waals surface area contributed by atoms with E-state index in [0.717, 1.165) is 24.9 Å². The lowest BCUT2D eigenvalue weighted by Crippen LogP contribution is -2.45. The van der Waals surface area contributed by atoms with Gasteiger partial charge in [-0.1, -0.05) is 0 Å².